The second-order valence-electron chi connectivity index (χ2n) is 7.27. The molecule has 22 heavy (non-hydrogen) atoms. The molecule has 1 aromatic rings. The van der Waals surface area contributed by atoms with Crippen LogP contribution in [0.1, 0.15) is 49.8 Å². The first kappa shape index (κ1) is 15.8. The van der Waals surface area contributed by atoms with Gasteiger partial charge >= 0.3 is 0 Å². The molecule has 0 amide bonds. The predicted molar refractivity (Wildman–Crippen MR) is 92.4 cm³/mol. The topological polar surface area (TPSA) is 26.7 Å². The summed E-state index contributed by atoms with van der Waals surface area (Å²) in [4.78, 5) is 4.84. The largest absolute Gasteiger partial charge is 0.388 e. The molecule has 3 nitrogen and oxygen atoms in total. The lowest BCUT2D eigenvalue weighted by molar-refractivity contribution is 0.122. The molecule has 2 aliphatic heterocycles. The Bertz CT molecular complexity index is 502. The van der Waals surface area contributed by atoms with Gasteiger partial charge in [-0.25, -0.2) is 0 Å². The summed E-state index contributed by atoms with van der Waals surface area (Å²) in [6.07, 6.45) is 5.55. The second kappa shape index (κ2) is 7.01. The minimum absolute atomic E-state index is 0.324. The van der Waals surface area contributed by atoms with Crippen LogP contribution in [0.15, 0.2) is 18.2 Å². The van der Waals surface area contributed by atoms with E-state index in [4.69, 9.17) is 0 Å². The highest BCUT2D eigenvalue weighted by Gasteiger charge is 2.19. The fourth-order valence-electron chi connectivity index (χ4n) is 3.97. The van der Waals surface area contributed by atoms with Crippen molar-refractivity contribution >= 4 is 5.69 Å². The summed E-state index contributed by atoms with van der Waals surface area (Å²) in [7, 11) is 2.16. The molecule has 1 fully saturated rings. The molecule has 2 heterocycles. The first-order valence-corrected chi connectivity index (χ1v) is 8.88. The zero-order valence-electron chi connectivity index (χ0n) is 14.1. The molecule has 0 saturated carbocycles. The van der Waals surface area contributed by atoms with Crippen LogP contribution in [0.5, 0.6) is 0 Å². The number of aliphatic hydroxyl groups is 1. The van der Waals surface area contributed by atoms with Crippen LogP contribution in [-0.2, 0) is 6.42 Å². The number of benzene rings is 1. The number of aryl methyl sites for hydroxylation is 1. The number of nitrogens with zero attached hydrogens (tertiary/aromatic N) is 2. The minimum Gasteiger partial charge on any atom is -0.388 e. The van der Waals surface area contributed by atoms with Crippen molar-refractivity contribution in [3.63, 3.8) is 0 Å². The molecule has 2 unspecified atom stereocenters. The molecule has 2 atom stereocenters. The average Bonchev–Trinajstić information content (AvgIpc) is 2.52. The van der Waals surface area contributed by atoms with Crippen molar-refractivity contribution in [1.82, 2.24) is 4.90 Å². The number of hydrogen-bond acceptors (Lipinski definition) is 3. The Labute approximate surface area is 134 Å². The molecule has 3 heteroatoms. The van der Waals surface area contributed by atoms with Crippen LogP contribution in [0, 0.1) is 5.92 Å². The van der Waals surface area contributed by atoms with Gasteiger partial charge in [0.15, 0.2) is 0 Å². The van der Waals surface area contributed by atoms with Gasteiger partial charge in [-0.1, -0.05) is 19.1 Å². The zero-order valence-corrected chi connectivity index (χ0v) is 14.1. The number of fused-ring (bicyclic) bond motifs is 1. The zero-order chi connectivity index (χ0) is 15.5. The van der Waals surface area contributed by atoms with Gasteiger partial charge in [-0.3, -0.25) is 0 Å². The lowest BCUT2D eigenvalue weighted by Gasteiger charge is -2.31. The maximum Gasteiger partial charge on any atom is 0.0802 e. The summed E-state index contributed by atoms with van der Waals surface area (Å²) in [6, 6.07) is 6.54. The molecule has 0 aliphatic carbocycles. The maximum atomic E-state index is 10.5. The van der Waals surface area contributed by atoms with Crippen molar-refractivity contribution in [2.75, 3.05) is 38.1 Å². The van der Waals surface area contributed by atoms with E-state index in [0.717, 1.165) is 37.4 Å². The standard InChI is InChI=1S/C19H30N2O/c1-15-5-3-11-21(14-15)12-9-19(22)17-7-8-18-16(13-17)6-4-10-20(18)2/h7-8,13,15,19,22H,3-6,9-12,14H2,1-2H3. The van der Waals surface area contributed by atoms with Crippen LogP contribution < -0.4 is 4.90 Å². The highest BCUT2D eigenvalue weighted by atomic mass is 16.3. The van der Waals surface area contributed by atoms with E-state index in [9.17, 15) is 5.11 Å². The minimum atomic E-state index is -0.324. The molecule has 0 bridgehead atoms. The molecule has 122 valence electrons. The Morgan fingerprint density at radius 3 is 2.95 bits per heavy atom. The van der Waals surface area contributed by atoms with Gasteiger partial charge in [0.25, 0.3) is 0 Å². The number of rotatable bonds is 4. The third-order valence-electron chi connectivity index (χ3n) is 5.30. The molecule has 0 spiro atoms. The van der Waals surface area contributed by atoms with E-state index in [1.807, 2.05) is 0 Å². The third-order valence-corrected chi connectivity index (χ3v) is 5.30. The van der Waals surface area contributed by atoms with Gasteiger partial charge in [0.1, 0.15) is 0 Å². The van der Waals surface area contributed by atoms with Gasteiger partial charge in [0.05, 0.1) is 6.10 Å². The molecule has 0 aromatic heterocycles. The monoisotopic (exact) mass is 302 g/mol. The number of anilines is 1. The first-order valence-electron chi connectivity index (χ1n) is 8.88. The van der Waals surface area contributed by atoms with Crippen LogP contribution in [0.25, 0.3) is 0 Å². The number of piperidine rings is 1. The summed E-state index contributed by atoms with van der Waals surface area (Å²) in [6.45, 7) is 6.89. The molecule has 2 aliphatic rings. The molecule has 0 radical (unpaired) electrons. The lowest BCUT2D eigenvalue weighted by Crippen LogP contribution is -2.35. The Morgan fingerprint density at radius 2 is 2.14 bits per heavy atom. The summed E-state index contributed by atoms with van der Waals surface area (Å²) >= 11 is 0. The summed E-state index contributed by atoms with van der Waals surface area (Å²) in [5.74, 6) is 0.810. The third kappa shape index (κ3) is 3.64. The molecular weight excluding hydrogens is 272 g/mol. The highest BCUT2D eigenvalue weighted by molar-refractivity contribution is 5.56. The highest BCUT2D eigenvalue weighted by Crippen LogP contribution is 2.30. The Balaban J connectivity index is 1.59. The summed E-state index contributed by atoms with van der Waals surface area (Å²) in [5.41, 5.74) is 3.84. The molecule has 1 N–H and O–H groups in total. The molecule has 3 rings (SSSR count). The predicted octanol–water partition coefficient (Wildman–Crippen LogP) is 3.22. The fourth-order valence-corrected chi connectivity index (χ4v) is 3.97. The van der Waals surface area contributed by atoms with Crippen LogP contribution in [0.3, 0.4) is 0 Å². The van der Waals surface area contributed by atoms with Crippen LogP contribution >= 0.6 is 0 Å². The number of aliphatic hydroxyl groups excluding tert-OH is 1. The van der Waals surface area contributed by atoms with E-state index in [2.05, 4.69) is 42.0 Å². The van der Waals surface area contributed by atoms with Gasteiger partial charge < -0.3 is 14.9 Å². The SMILES string of the molecule is CC1CCCN(CCC(O)c2ccc3c(c2)CCCN3C)C1. The van der Waals surface area contributed by atoms with Gasteiger partial charge in [-0.05, 0) is 61.8 Å². The van der Waals surface area contributed by atoms with Crippen molar-refractivity contribution in [2.24, 2.45) is 5.92 Å². The first-order chi connectivity index (χ1) is 10.6. The van der Waals surface area contributed by atoms with Crippen LogP contribution in [-0.4, -0.2) is 43.2 Å². The second-order valence-corrected chi connectivity index (χ2v) is 7.27. The van der Waals surface area contributed by atoms with E-state index >= 15 is 0 Å². The van der Waals surface area contributed by atoms with Crippen molar-refractivity contribution in [1.29, 1.82) is 0 Å². The van der Waals surface area contributed by atoms with Gasteiger partial charge in [-0.15, -0.1) is 0 Å². The van der Waals surface area contributed by atoms with Crippen molar-refractivity contribution in [2.45, 2.75) is 45.1 Å². The number of likely N-dealkylation sites (tertiary alicyclic amines) is 1. The number of hydrogen-bond donors (Lipinski definition) is 1. The fraction of sp³-hybridized carbons (Fsp3) is 0.684. The maximum absolute atomic E-state index is 10.5. The average molecular weight is 302 g/mol. The van der Waals surface area contributed by atoms with E-state index in [-0.39, 0.29) is 6.10 Å². The summed E-state index contributed by atoms with van der Waals surface area (Å²) in [5, 5.41) is 10.5. The van der Waals surface area contributed by atoms with Crippen molar-refractivity contribution < 1.29 is 5.11 Å². The van der Waals surface area contributed by atoms with E-state index in [0.29, 0.717) is 0 Å². The van der Waals surface area contributed by atoms with Crippen LogP contribution in [0.4, 0.5) is 5.69 Å². The van der Waals surface area contributed by atoms with E-state index in [1.165, 1.54) is 43.6 Å². The lowest BCUT2D eigenvalue weighted by atomic mass is 9.96. The molecule has 1 saturated heterocycles. The van der Waals surface area contributed by atoms with Gasteiger partial charge in [0.2, 0.25) is 0 Å². The Kier molecular flexibility index (Phi) is 5.04. The Hall–Kier alpha value is -1.06. The normalized spacial score (nSPS) is 24.1. The van der Waals surface area contributed by atoms with Crippen LogP contribution in [0.2, 0.25) is 0 Å². The van der Waals surface area contributed by atoms with E-state index < -0.39 is 0 Å². The van der Waals surface area contributed by atoms with E-state index in [1.54, 1.807) is 0 Å². The molecular formula is C19H30N2O. The Morgan fingerprint density at radius 1 is 1.27 bits per heavy atom. The van der Waals surface area contributed by atoms with Crippen molar-refractivity contribution in [3.8, 4) is 0 Å². The summed E-state index contributed by atoms with van der Waals surface area (Å²) < 4.78 is 0. The van der Waals surface area contributed by atoms with Gasteiger partial charge in [-0.2, -0.15) is 0 Å². The van der Waals surface area contributed by atoms with Gasteiger partial charge in [0, 0.05) is 32.4 Å². The van der Waals surface area contributed by atoms with Crippen molar-refractivity contribution in [3.05, 3.63) is 29.3 Å². The molecule has 1 aromatic carbocycles. The quantitative estimate of drug-likeness (QED) is 0.925. The smallest absolute Gasteiger partial charge is 0.0802 e.